The fourth-order valence-corrected chi connectivity index (χ4v) is 1.75. The molecule has 7 nitrogen and oxygen atoms in total. The van der Waals surface area contributed by atoms with Crippen molar-refractivity contribution in [3.05, 3.63) is 34.7 Å². The van der Waals surface area contributed by atoms with E-state index in [0.717, 1.165) is 0 Å². The molecule has 3 N–H and O–H groups in total. The lowest BCUT2D eigenvalue weighted by Crippen LogP contribution is -2.24. The van der Waals surface area contributed by atoms with Gasteiger partial charge < -0.3 is 15.8 Å². The molecule has 0 bridgehead atoms. The quantitative estimate of drug-likeness (QED) is 0.644. The average Bonchev–Trinajstić information content (AvgIpc) is 2.96. The van der Waals surface area contributed by atoms with Crippen LogP contribution in [-0.4, -0.2) is 35.8 Å². The molecule has 1 heterocycles. The van der Waals surface area contributed by atoms with Crippen LogP contribution >= 0.6 is 11.6 Å². The molecule has 0 fully saturated rings. The molecule has 0 aliphatic rings. The zero-order valence-corrected chi connectivity index (χ0v) is 12.8. The molecule has 0 saturated carbocycles. The Hall–Kier alpha value is -2.19. The minimum atomic E-state index is -0.508. The molecule has 0 spiro atoms. The molecule has 0 aliphatic heterocycles. The number of hydrogen-bond donors (Lipinski definition) is 2. The summed E-state index contributed by atoms with van der Waals surface area (Å²) in [6, 6.07) is 4.19. The largest absolute Gasteiger partial charge is 0.469 e. The lowest BCUT2D eigenvalue weighted by atomic mass is 10.3. The van der Waals surface area contributed by atoms with Crippen molar-refractivity contribution in [1.29, 1.82) is 0 Å². The van der Waals surface area contributed by atoms with Crippen LogP contribution in [-0.2, 0) is 0 Å². The van der Waals surface area contributed by atoms with Gasteiger partial charge in [-0.25, -0.2) is 9.02 Å². The smallest absolute Gasteiger partial charge is 0.287 e. The second-order valence-corrected chi connectivity index (χ2v) is 4.82. The summed E-state index contributed by atoms with van der Waals surface area (Å²) in [7, 11) is 1.55. The van der Waals surface area contributed by atoms with Gasteiger partial charge in [-0.3, -0.25) is 4.99 Å². The number of aliphatic imine (C=N–C) groups is 1. The first kappa shape index (κ1) is 16.2. The van der Waals surface area contributed by atoms with Crippen molar-refractivity contribution >= 4 is 23.1 Å². The van der Waals surface area contributed by atoms with Crippen LogP contribution in [0, 0.1) is 5.82 Å². The van der Waals surface area contributed by atoms with Crippen LogP contribution in [0.25, 0.3) is 0 Å². The van der Waals surface area contributed by atoms with E-state index in [-0.39, 0.29) is 22.7 Å². The normalized spacial score (nSPS) is 13.0. The number of ether oxygens (including phenoxy) is 1. The summed E-state index contributed by atoms with van der Waals surface area (Å²) < 4.78 is 23.4. The van der Waals surface area contributed by atoms with Gasteiger partial charge in [-0.05, 0) is 35.4 Å². The molecule has 1 aromatic heterocycles. The summed E-state index contributed by atoms with van der Waals surface area (Å²) in [5, 5.41) is 10.4. The van der Waals surface area contributed by atoms with Crippen molar-refractivity contribution in [3.63, 3.8) is 0 Å². The molecule has 0 radical (unpaired) electrons. The standard InChI is InChI=1S/C13H15ClFN5O2/c1-7(6-16)21-13-11(19-22-20-13)12(17-2)18-8-3-4-10(15)9(14)5-8/h3-5,7H,6,16H2,1-2H3,(H,17,18). The fraction of sp³-hybridized carbons (Fsp3) is 0.308. The summed E-state index contributed by atoms with van der Waals surface area (Å²) in [4.78, 5) is 4.07. The van der Waals surface area contributed by atoms with E-state index < -0.39 is 5.82 Å². The predicted molar refractivity (Wildman–Crippen MR) is 80.9 cm³/mol. The Morgan fingerprint density at radius 3 is 2.95 bits per heavy atom. The van der Waals surface area contributed by atoms with Crippen molar-refractivity contribution in [2.45, 2.75) is 13.0 Å². The maximum absolute atomic E-state index is 13.2. The third-order valence-electron chi connectivity index (χ3n) is 2.73. The first-order valence-electron chi connectivity index (χ1n) is 6.43. The Bertz CT molecular complexity index is 676. The SMILES string of the molecule is CN=C(Nc1ccc(F)c(Cl)c1)c1nonc1OC(C)CN. The van der Waals surface area contributed by atoms with Gasteiger partial charge in [-0.15, -0.1) is 0 Å². The van der Waals surface area contributed by atoms with Gasteiger partial charge in [-0.2, -0.15) is 0 Å². The molecule has 22 heavy (non-hydrogen) atoms. The summed E-state index contributed by atoms with van der Waals surface area (Å²) in [6.45, 7) is 2.10. The van der Waals surface area contributed by atoms with Crippen LogP contribution in [0.3, 0.4) is 0 Å². The van der Waals surface area contributed by atoms with E-state index in [1.807, 2.05) is 0 Å². The Kier molecular flexibility index (Phi) is 5.29. The minimum absolute atomic E-state index is 0.00745. The molecule has 2 aromatic rings. The van der Waals surface area contributed by atoms with Crippen molar-refractivity contribution in [3.8, 4) is 5.88 Å². The van der Waals surface area contributed by atoms with Crippen molar-refractivity contribution in [2.24, 2.45) is 10.7 Å². The Morgan fingerprint density at radius 1 is 1.55 bits per heavy atom. The van der Waals surface area contributed by atoms with Gasteiger partial charge in [0.05, 0.1) is 5.02 Å². The molecule has 1 aromatic carbocycles. The Labute approximate surface area is 131 Å². The van der Waals surface area contributed by atoms with E-state index in [1.54, 1.807) is 14.0 Å². The number of rotatable bonds is 5. The number of halogens is 2. The Morgan fingerprint density at radius 2 is 2.32 bits per heavy atom. The van der Waals surface area contributed by atoms with Crippen LogP contribution in [0.4, 0.5) is 10.1 Å². The molecule has 1 unspecified atom stereocenters. The molecule has 1 atom stereocenters. The van der Waals surface area contributed by atoms with Crippen molar-refractivity contribution < 1.29 is 13.8 Å². The van der Waals surface area contributed by atoms with Gasteiger partial charge in [0.2, 0.25) is 5.69 Å². The second kappa shape index (κ2) is 7.19. The van der Waals surface area contributed by atoms with Crippen LogP contribution < -0.4 is 15.8 Å². The van der Waals surface area contributed by atoms with Gasteiger partial charge in [-0.1, -0.05) is 11.6 Å². The van der Waals surface area contributed by atoms with E-state index in [0.29, 0.717) is 18.1 Å². The topological polar surface area (TPSA) is 98.6 Å². The van der Waals surface area contributed by atoms with Gasteiger partial charge in [0, 0.05) is 19.3 Å². The average molecular weight is 328 g/mol. The third kappa shape index (κ3) is 3.71. The number of nitrogens with one attached hydrogen (secondary N) is 1. The third-order valence-corrected chi connectivity index (χ3v) is 3.02. The zero-order valence-electron chi connectivity index (χ0n) is 12.0. The highest BCUT2D eigenvalue weighted by Crippen LogP contribution is 2.21. The minimum Gasteiger partial charge on any atom is -0.469 e. The van der Waals surface area contributed by atoms with E-state index in [1.165, 1.54) is 18.2 Å². The van der Waals surface area contributed by atoms with E-state index in [2.05, 4.69) is 25.3 Å². The molecule has 0 amide bonds. The molecular weight excluding hydrogens is 313 g/mol. The number of nitrogens with two attached hydrogens (primary N) is 1. The first-order valence-corrected chi connectivity index (χ1v) is 6.81. The summed E-state index contributed by atoms with van der Waals surface area (Å²) in [5.41, 5.74) is 6.32. The molecule has 9 heteroatoms. The van der Waals surface area contributed by atoms with Crippen LogP contribution in [0.15, 0.2) is 27.8 Å². The molecular formula is C13H15ClFN5O2. The number of amidine groups is 1. The summed E-state index contributed by atoms with van der Waals surface area (Å²) in [6.07, 6.45) is -0.260. The van der Waals surface area contributed by atoms with Gasteiger partial charge in [0.25, 0.3) is 5.88 Å². The summed E-state index contributed by atoms with van der Waals surface area (Å²) >= 11 is 5.74. The molecule has 0 saturated heterocycles. The first-order chi connectivity index (χ1) is 10.5. The maximum atomic E-state index is 13.2. The Balaban J connectivity index is 2.22. The van der Waals surface area contributed by atoms with E-state index >= 15 is 0 Å². The van der Waals surface area contributed by atoms with E-state index in [4.69, 9.17) is 22.1 Å². The predicted octanol–water partition coefficient (Wildman–Crippen LogP) is 2.08. The van der Waals surface area contributed by atoms with Crippen LogP contribution in [0.2, 0.25) is 5.02 Å². The highest BCUT2D eigenvalue weighted by atomic mass is 35.5. The van der Waals surface area contributed by atoms with Gasteiger partial charge >= 0.3 is 0 Å². The van der Waals surface area contributed by atoms with Crippen LogP contribution in [0.1, 0.15) is 12.6 Å². The molecule has 0 aliphatic carbocycles. The highest BCUT2D eigenvalue weighted by molar-refractivity contribution is 6.31. The number of hydrogen-bond acceptors (Lipinski definition) is 6. The summed E-state index contributed by atoms with van der Waals surface area (Å²) in [5.74, 6) is -0.00601. The fourth-order valence-electron chi connectivity index (χ4n) is 1.57. The maximum Gasteiger partial charge on any atom is 0.287 e. The van der Waals surface area contributed by atoms with E-state index in [9.17, 15) is 4.39 Å². The molecule has 2 rings (SSSR count). The van der Waals surface area contributed by atoms with Gasteiger partial charge in [0.15, 0.2) is 5.84 Å². The zero-order chi connectivity index (χ0) is 16.1. The number of benzene rings is 1. The molecule has 118 valence electrons. The number of nitrogens with zero attached hydrogens (tertiary/aromatic N) is 3. The van der Waals surface area contributed by atoms with Crippen LogP contribution in [0.5, 0.6) is 5.88 Å². The lowest BCUT2D eigenvalue weighted by molar-refractivity contribution is 0.201. The van der Waals surface area contributed by atoms with Crippen molar-refractivity contribution in [2.75, 3.05) is 18.9 Å². The lowest BCUT2D eigenvalue weighted by Gasteiger charge is -2.11. The van der Waals surface area contributed by atoms with Crippen molar-refractivity contribution in [1.82, 2.24) is 10.3 Å². The number of anilines is 1. The highest BCUT2D eigenvalue weighted by Gasteiger charge is 2.19. The monoisotopic (exact) mass is 327 g/mol. The second-order valence-electron chi connectivity index (χ2n) is 4.41. The van der Waals surface area contributed by atoms with Gasteiger partial charge in [0.1, 0.15) is 11.9 Å². The number of aromatic nitrogens is 2.